The molecule has 0 fully saturated rings. The third-order valence-corrected chi connectivity index (χ3v) is 2.90. The van der Waals surface area contributed by atoms with Gasteiger partial charge in [0.05, 0.1) is 6.42 Å². The van der Waals surface area contributed by atoms with Crippen molar-refractivity contribution in [2.45, 2.75) is 19.4 Å². The van der Waals surface area contributed by atoms with Gasteiger partial charge >= 0.3 is 11.9 Å². The van der Waals surface area contributed by atoms with Crippen molar-refractivity contribution in [2.75, 3.05) is 0 Å². The van der Waals surface area contributed by atoms with E-state index in [9.17, 15) is 14.4 Å². The van der Waals surface area contributed by atoms with Crippen molar-refractivity contribution in [3.8, 4) is 0 Å². The van der Waals surface area contributed by atoms with E-state index >= 15 is 0 Å². The van der Waals surface area contributed by atoms with E-state index in [1.165, 1.54) is 6.07 Å². The Morgan fingerprint density at radius 3 is 2.47 bits per heavy atom. The summed E-state index contributed by atoms with van der Waals surface area (Å²) in [5, 5.41) is 19.9. The summed E-state index contributed by atoms with van der Waals surface area (Å²) in [4.78, 5) is 33.3. The monoisotopic (exact) mass is 285 g/mol. The number of carbonyl (C=O) groups is 3. The van der Waals surface area contributed by atoms with Crippen LogP contribution in [-0.4, -0.2) is 34.1 Å². The average molecular weight is 286 g/mol. The van der Waals surface area contributed by atoms with Crippen molar-refractivity contribution >= 4 is 29.4 Å². The number of nitrogens with one attached hydrogen (secondary N) is 1. The van der Waals surface area contributed by atoms with Crippen LogP contribution >= 0.6 is 11.6 Å². The zero-order valence-electron chi connectivity index (χ0n) is 10.0. The maximum atomic E-state index is 11.9. The maximum Gasteiger partial charge on any atom is 0.326 e. The highest BCUT2D eigenvalue weighted by Gasteiger charge is 2.24. The number of carbonyl (C=O) groups excluding carboxylic acids is 1. The molecule has 19 heavy (non-hydrogen) atoms. The number of aliphatic carboxylic acids is 2. The number of hydrogen-bond acceptors (Lipinski definition) is 3. The minimum Gasteiger partial charge on any atom is -0.481 e. The highest BCUT2D eigenvalue weighted by molar-refractivity contribution is 6.31. The summed E-state index contributed by atoms with van der Waals surface area (Å²) >= 11 is 5.85. The number of hydrogen-bond donors (Lipinski definition) is 3. The summed E-state index contributed by atoms with van der Waals surface area (Å²) in [5.41, 5.74) is 0.713. The van der Waals surface area contributed by atoms with Gasteiger partial charge in [-0.05, 0) is 24.6 Å². The van der Waals surface area contributed by atoms with Crippen molar-refractivity contribution in [3.05, 3.63) is 34.3 Å². The van der Waals surface area contributed by atoms with Crippen LogP contribution in [0.2, 0.25) is 5.02 Å². The van der Waals surface area contributed by atoms with Gasteiger partial charge in [-0.3, -0.25) is 9.59 Å². The number of benzene rings is 1. The SMILES string of the molecule is Cc1c(Cl)cccc1C(=O)N[C@@H](CC(=O)O)C(=O)O. The predicted octanol–water partition coefficient (Wildman–Crippen LogP) is 1.31. The van der Waals surface area contributed by atoms with Gasteiger partial charge in [0.2, 0.25) is 0 Å². The smallest absolute Gasteiger partial charge is 0.326 e. The first-order chi connectivity index (χ1) is 8.82. The average Bonchev–Trinajstić information content (AvgIpc) is 2.31. The molecule has 3 N–H and O–H groups in total. The van der Waals surface area contributed by atoms with Crippen LogP contribution < -0.4 is 5.32 Å². The molecule has 0 bridgehead atoms. The predicted molar refractivity (Wildman–Crippen MR) is 67.3 cm³/mol. The lowest BCUT2D eigenvalue weighted by molar-refractivity contribution is -0.145. The fraction of sp³-hybridized carbons (Fsp3) is 0.250. The molecular formula is C12H12ClNO5. The molecule has 0 aromatic heterocycles. The van der Waals surface area contributed by atoms with E-state index in [1.807, 2.05) is 0 Å². The summed E-state index contributed by atoms with van der Waals surface area (Å²) < 4.78 is 0. The number of carboxylic acids is 2. The molecule has 0 radical (unpaired) electrons. The Bertz CT molecular complexity index is 529. The van der Waals surface area contributed by atoms with Gasteiger partial charge in [-0.2, -0.15) is 0 Å². The molecular weight excluding hydrogens is 274 g/mol. The van der Waals surface area contributed by atoms with E-state index in [1.54, 1.807) is 19.1 Å². The normalized spacial score (nSPS) is 11.7. The van der Waals surface area contributed by atoms with Gasteiger partial charge in [-0.25, -0.2) is 4.79 Å². The fourth-order valence-electron chi connectivity index (χ4n) is 1.46. The van der Waals surface area contributed by atoms with Crippen LogP contribution in [0.4, 0.5) is 0 Å². The quantitative estimate of drug-likeness (QED) is 0.756. The molecule has 0 aliphatic rings. The van der Waals surface area contributed by atoms with Crippen molar-refractivity contribution in [1.29, 1.82) is 0 Å². The molecule has 0 saturated carbocycles. The second-order valence-corrected chi connectivity index (χ2v) is 4.28. The van der Waals surface area contributed by atoms with Crippen molar-refractivity contribution < 1.29 is 24.6 Å². The molecule has 1 amide bonds. The van der Waals surface area contributed by atoms with E-state index in [0.29, 0.717) is 10.6 Å². The van der Waals surface area contributed by atoms with Gasteiger partial charge in [-0.1, -0.05) is 17.7 Å². The van der Waals surface area contributed by atoms with Crippen LogP contribution in [0.15, 0.2) is 18.2 Å². The minimum absolute atomic E-state index is 0.212. The molecule has 1 atom stereocenters. The molecule has 0 unspecified atom stereocenters. The second-order valence-electron chi connectivity index (χ2n) is 3.87. The van der Waals surface area contributed by atoms with Crippen LogP contribution in [0.1, 0.15) is 22.3 Å². The van der Waals surface area contributed by atoms with E-state index in [4.69, 9.17) is 21.8 Å². The van der Waals surface area contributed by atoms with Gasteiger partial charge in [0.15, 0.2) is 0 Å². The molecule has 102 valence electrons. The van der Waals surface area contributed by atoms with Gasteiger partial charge in [0.25, 0.3) is 5.91 Å². The van der Waals surface area contributed by atoms with Crippen LogP contribution in [0.3, 0.4) is 0 Å². The number of amides is 1. The Morgan fingerprint density at radius 2 is 1.95 bits per heavy atom. The number of halogens is 1. The molecule has 0 spiro atoms. The molecule has 1 aromatic carbocycles. The summed E-state index contributed by atoms with van der Waals surface area (Å²) in [6.07, 6.45) is -0.694. The fourth-order valence-corrected chi connectivity index (χ4v) is 1.64. The van der Waals surface area contributed by atoms with Crippen LogP contribution in [0.5, 0.6) is 0 Å². The second kappa shape index (κ2) is 6.19. The highest BCUT2D eigenvalue weighted by Crippen LogP contribution is 2.18. The molecule has 0 aliphatic carbocycles. The zero-order valence-corrected chi connectivity index (χ0v) is 10.8. The van der Waals surface area contributed by atoms with E-state index in [0.717, 1.165) is 0 Å². The first-order valence-electron chi connectivity index (χ1n) is 5.33. The Balaban J connectivity index is 2.91. The third-order valence-electron chi connectivity index (χ3n) is 2.49. The van der Waals surface area contributed by atoms with Gasteiger partial charge < -0.3 is 15.5 Å². The summed E-state index contributed by atoms with van der Waals surface area (Å²) in [5.74, 6) is -3.39. The first-order valence-corrected chi connectivity index (χ1v) is 5.71. The molecule has 1 aromatic rings. The number of carboxylic acid groups (broad SMARTS) is 2. The maximum absolute atomic E-state index is 11.9. The molecule has 0 aliphatic heterocycles. The summed E-state index contributed by atoms with van der Waals surface area (Å²) in [7, 11) is 0. The lowest BCUT2D eigenvalue weighted by atomic mass is 10.1. The lowest BCUT2D eigenvalue weighted by Crippen LogP contribution is -2.42. The highest BCUT2D eigenvalue weighted by atomic mass is 35.5. The minimum atomic E-state index is -1.48. The van der Waals surface area contributed by atoms with Crippen molar-refractivity contribution in [2.24, 2.45) is 0 Å². The molecule has 7 heteroatoms. The van der Waals surface area contributed by atoms with Crippen LogP contribution in [0.25, 0.3) is 0 Å². The van der Waals surface area contributed by atoms with Gasteiger partial charge in [0, 0.05) is 10.6 Å². The van der Waals surface area contributed by atoms with Gasteiger partial charge in [-0.15, -0.1) is 0 Å². The third kappa shape index (κ3) is 3.96. The Hall–Kier alpha value is -2.08. The van der Waals surface area contributed by atoms with Gasteiger partial charge in [0.1, 0.15) is 6.04 Å². The van der Waals surface area contributed by atoms with Crippen LogP contribution in [-0.2, 0) is 9.59 Å². The van der Waals surface area contributed by atoms with Crippen molar-refractivity contribution in [3.63, 3.8) is 0 Å². The van der Waals surface area contributed by atoms with Crippen molar-refractivity contribution in [1.82, 2.24) is 5.32 Å². The summed E-state index contributed by atoms with van der Waals surface area (Å²) in [6, 6.07) is 3.15. The molecule has 6 nitrogen and oxygen atoms in total. The molecule has 0 heterocycles. The van der Waals surface area contributed by atoms with E-state index < -0.39 is 30.3 Å². The zero-order chi connectivity index (χ0) is 14.6. The standard InChI is InChI=1S/C12H12ClNO5/c1-6-7(3-2-4-8(6)13)11(17)14-9(12(18)19)5-10(15)16/h2-4,9H,5H2,1H3,(H,14,17)(H,15,16)(H,18,19)/t9-/m0/s1. The van der Waals surface area contributed by atoms with E-state index in [-0.39, 0.29) is 5.56 Å². The Morgan fingerprint density at radius 1 is 1.32 bits per heavy atom. The van der Waals surface area contributed by atoms with Crippen LogP contribution in [0, 0.1) is 6.92 Å². The largest absolute Gasteiger partial charge is 0.481 e. The Labute approximate surface area is 114 Å². The number of rotatable bonds is 5. The first kappa shape index (κ1) is 15.0. The Kier molecular flexibility index (Phi) is 4.88. The lowest BCUT2D eigenvalue weighted by Gasteiger charge is -2.13. The van der Waals surface area contributed by atoms with E-state index in [2.05, 4.69) is 5.32 Å². The molecule has 0 saturated heterocycles. The summed E-state index contributed by atoms with van der Waals surface area (Å²) in [6.45, 7) is 1.62. The molecule has 1 rings (SSSR count). The topological polar surface area (TPSA) is 104 Å².